The largest absolute Gasteiger partial charge is 0.390 e. The molecule has 0 aromatic carbocycles. The molecular formula is C11H18N2O3S. The van der Waals surface area contributed by atoms with E-state index < -0.39 is 10.0 Å². The van der Waals surface area contributed by atoms with E-state index in [9.17, 15) is 8.42 Å². The van der Waals surface area contributed by atoms with Gasteiger partial charge < -0.3 is 9.67 Å². The molecule has 1 aliphatic rings. The molecule has 0 aliphatic heterocycles. The lowest BCUT2D eigenvalue weighted by Gasteiger charge is -2.14. The maximum atomic E-state index is 12.2. The number of nitrogens with zero attached hydrogens (tertiary/aromatic N) is 2. The molecule has 1 fully saturated rings. The van der Waals surface area contributed by atoms with E-state index >= 15 is 0 Å². The Morgan fingerprint density at radius 1 is 1.53 bits per heavy atom. The van der Waals surface area contributed by atoms with Crippen molar-refractivity contribution in [1.29, 1.82) is 0 Å². The summed E-state index contributed by atoms with van der Waals surface area (Å²) in [4.78, 5) is 0.276. The van der Waals surface area contributed by atoms with Gasteiger partial charge in [-0.05, 0) is 25.8 Å². The minimum Gasteiger partial charge on any atom is -0.390 e. The highest BCUT2D eigenvalue weighted by molar-refractivity contribution is 7.89. The summed E-state index contributed by atoms with van der Waals surface area (Å²) in [7, 11) is -1.78. The Balaban J connectivity index is 2.35. The SMILES string of the molecule is CCn1cc(S(=O)(=O)N(C)C2CC2)cc1CO. The molecule has 1 aliphatic carbocycles. The molecule has 1 aromatic rings. The van der Waals surface area contributed by atoms with E-state index in [1.165, 1.54) is 4.31 Å². The van der Waals surface area contributed by atoms with Crippen LogP contribution >= 0.6 is 0 Å². The Bertz CT molecular complexity index is 481. The number of sulfonamides is 1. The molecule has 5 nitrogen and oxygen atoms in total. The molecule has 96 valence electrons. The summed E-state index contributed by atoms with van der Waals surface area (Å²) < 4.78 is 27.7. The fraction of sp³-hybridized carbons (Fsp3) is 0.636. The zero-order valence-electron chi connectivity index (χ0n) is 10.1. The van der Waals surface area contributed by atoms with Crippen molar-refractivity contribution in [3.63, 3.8) is 0 Å². The summed E-state index contributed by atoms with van der Waals surface area (Å²) in [6.07, 6.45) is 3.48. The van der Waals surface area contributed by atoms with Crippen LogP contribution in [0.4, 0.5) is 0 Å². The first-order valence-electron chi connectivity index (χ1n) is 5.78. The number of aryl methyl sites for hydroxylation is 1. The highest BCUT2D eigenvalue weighted by atomic mass is 32.2. The van der Waals surface area contributed by atoms with Gasteiger partial charge in [0, 0.05) is 31.5 Å². The van der Waals surface area contributed by atoms with Gasteiger partial charge in [-0.3, -0.25) is 0 Å². The summed E-state index contributed by atoms with van der Waals surface area (Å²) >= 11 is 0. The predicted molar refractivity (Wildman–Crippen MR) is 64.0 cm³/mol. The first kappa shape index (κ1) is 12.6. The summed E-state index contributed by atoms with van der Waals surface area (Å²) in [5.41, 5.74) is 0.635. The van der Waals surface area contributed by atoms with Crippen LogP contribution in [0.15, 0.2) is 17.2 Å². The van der Waals surface area contributed by atoms with E-state index in [0.29, 0.717) is 12.2 Å². The molecular weight excluding hydrogens is 240 g/mol. The lowest BCUT2D eigenvalue weighted by molar-refractivity contribution is 0.271. The van der Waals surface area contributed by atoms with E-state index in [4.69, 9.17) is 5.11 Å². The van der Waals surface area contributed by atoms with E-state index in [-0.39, 0.29) is 17.5 Å². The van der Waals surface area contributed by atoms with Crippen molar-refractivity contribution in [2.75, 3.05) is 7.05 Å². The lowest BCUT2D eigenvalue weighted by Crippen LogP contribution is -2.28. The molecule has 0 spiro atoms. The van der Waals surface area contributed by atoms with Gasteiger partial charge in [0.05, 0.1) is 6.61 Å². The first-order chi connectivity index (χ1) is 8.00. The molecule has 0 atom stereocenters. The van der Waals surface area contributed by atoms with E-state index in [0.717, 1.165) is 12.8 Å². The standard InChI is InChI=1S/C11H18N2O3S/c1-3-13-7-11(6-10(13)8-14)17(15,16)12(2)9-4-5-9/h6-7,9,14H,3-5,8H2,1-2H3. The second-order valence-electron chi connectivity index (χ2n) is 4.36. The molecule has 1 heterocycles. The van der Waals surface area contributed by atoms with Crippen molar-refractivity contribution in [3.8, 4) is 0 Å². The van der Waals surface area contributed by atoms with Crippen LogP contribution in [0, 0.1) is 0 Å². The van der Waals surface area contributed by atoms with Gasteiger partial charge in [-0.1, -0.05) is 0 Å². The third-order valence-corrected chi connectivity index (χ3v) is 5.08. The number of aliphatic hydroxyl groups excluding tert-OH is 1. The molecule has 0 amide bonds. The molecule has 17 heavy (non-hydrogen) atoms. The summed E-state index contributed by atoms with van der Waals surface area (Å²) in [5.74, 6) is 0. The summed E-state index contributed by atoms with van der Waals surface area (Å²) in [5, 5.41) is 9.16. The first-order valence-corrected chi connectivity index (χ1v) is 7.22. The lowest BCUT2D eigenvalue weighted by atomic mass is 10.4. The van der Waals surface area contributed by atoms with Crippen LogP contribution in [0.2, 0.25) is 0 Å². The van der Waals surface area contributed by atoms with Crippen molar-refractivity contribution in [1.82, 2.24) is 8.87 Å². The molecule has 0 bridgehead atoms. The van der Waals surface area contributed by atoms with Gasteiger partial charge in [0.2, 0.25) is 10.0 Å². The molecule has 1 N–H and O–H groups in total. The van der Waals surface area contributed by atoms with Crippen molar-refractivity contribution >= 4 is 10.0 Å². The second kappa shape index (κ2) is 4.44. The van der Waals surface area contributed by atoms with Crippen LogP contribution in [-0.2, 0) is 23.2 Å². The Morgan fingerprint density at radius 3 is 2.59 bits per heavy atom. The molecule has 2 rings (SSSR count). The minimum absolute atomic E-state index is 0.142. The summed E-state index contributed by atoms with van der Waals surface area (Å²) in [6, 6.07) is 1.71. The monoisotopic (exact) mass is 258 g/mol. The quantitative estimate of drug-likeness (QED) is 0.849. The Labute approximate surface area is 102 Å². The van der Waals surface area contributed by atoms with Gasteiger partial charge in [0.25, 0.3) is 0 Å². The fourth-order valence-corrected chi connectivity index (χ4v) is 3.37. The van der Waals surface area contributed by atoms with Crippen LogP contribution < -0.4 is 0 Å². The normalized spacial score (nSPS) is 16.7. The third-order valence-electron chi connectivity index (χ3n) is 3.20. The Morgan fingerprint density at radius 2 is 2.18 bits per heavy atom. The van der Waals surface area contributed by atoms with Crippen molar-refractivity contribution in [3.05, 3.63) is 18.0 Å². The van der Waals surface area contributed by atoms with Gasteiger partial charge in [0.15, 0.2) is 0 Å². The van der Waals surface area contributed by atoms with Crippen LogP contribution in [-0.4, -0.2) is 35.5 Å². The van der Waals surface area contributed by atoms with E-state index in [1.54, 1.807) is 23.9 Å². The number of hydrogen-bond donors (Lipinski definition) is 1. The maximum absolute atomic E-state index is 12.2. The van der Waals surface area contributed by atoms with Gasteiger partial charge in [-0.25, -0.2) is 8.42 Å². The van der Waals surface area contributed by atoms with Gasteiger partial charge in [-0.2, -0.15) is 4.31 Å². The molecule has 0 saturated heterocycles. The highest BCUT2D eigenvalue weighted by Crippen LogP contribution is 2.30. The van der Waals surface area contributed by atoms with E-state index in [1.807, 2.05) is 6.92 Å². The topological polar surface area (TPSA) is 62.5 Å². The number of rotatable bonds is 5. The average molecular weight is 258 g/mol. The predicted octanol–water partition coefficient (Wildman–Crippen LogP) is 0.783. The summed E-state index contributed by atoms with van der Waals surface area (Å²) in [6.45, 7) is 2.43. The molecule has 1 aromatic heterocycles. The zero-order chi connectivity index (χ0) is 12.6. The Hall–Kier alpha value is -0.850. The number of hydrogen-bond acceptors (Lipinski definition) is 3. The van der Waals surface area contributed by atoms with E-state index in [2.05, 4.69) is 0 Å². The fourth-order valence-electron chi connectivity index (χ4n) is 1.89. The highest BCUT2D eigenvalue weighted by Gasteiger charge is 2.35. The second-order valence-corrected chi connectivity index (χ2v) is 6.36. The van der Waals surface area contributed by atoms with Crippen molar-refractivity contribution in [2.45, 2.75) is 43.9 Å². The molecule has 0 radical (unpaired) electrons. The molecule has 6 heteroatoms. The minimum atomic E-state index is -3.40. The molecule has 1 saturated carbocycles. The number of aromatic nitrogens is 1. The maximum Gasteiger partial charge on any atom is 0.244 e. The van der Waals surface area contributed by atoms with Gasteiger partial charge in [0.1, 0.15) is 4.90 Å². The van der Waals surface area contributed by atoms with Gasteiger partial charge >= 0.3 is 0 Å². The van der Waals surface area contributed by atoms with Crippen LogP contribution in [0.5, 0.6) is 0 Å². The van der Waals surface area contributed by atoms with Crippen LogP contribution in [0.1, 0.15) is 25.5 Å². The van der Waals surface area contributed by atoms with Gasteiger partial charge in [-0.15, -0.1) is 0 Å². The zero-order valence-corrected chi connectivity index (χ0v) is 10.9. The number of aliphatic hydroxyl groups is 1. The van der Waals surface area contributed by atoms with Crippen LogP contribution in [0.25, 0.3) is 0 Å². The average Bonchev–Trinajstić information content (AvgIpc) is 3.06. The Kier molecular flexibility index (Phi) is 3.29. The smallest absolute Gasteiger partial charge is 0.244 e. The third kappa shape index (κ3) is 2.25. The van der Waals surface area contributed by atoms with Crippen molar-refractivity contribution in [2.24, 2.45) is 0 Å². The molecule has 0 unspecified atom stereocenters. The van der Waals surface area contributed by atoms with Crippen molar-refractivity contribution < 1.29 is 13.5 Å². The van der Waals surface area contributed by atoms with Crippen LogP contribution in [0.3, 0.4) is 0 Å².